The van der Waals surface area contributed by atoms with Crippen LogP contribution in [0.15, 0.2) is 42.5 Å². The summed E-state index contributed by atoms with van der Waals surface area (Å²) in [6, 6.07) is 12.2. The molecular formula is C19H23FN2O. The number of nitrogens with one attached hydrogen (secondary N) is 2. The highest BCUT2D eigenvalue weighted by molar-refractivity contribution is 5.92. The number of hydrogen-bond donors (Lipinski definition) is 2. The van der Waals surface area contributed by atoms with Gasteiger partial charge in [0.25, 0.3) is 0 Å². The van der Waals surface area contributed by atoms with Gasteiger partial charge in [-0.15, -0.1) is 0 Å². The molecule has 0 aliphatic carbocycles. The summed E-state index contributed by atoms with van der Waals surface area (Å²) >= 11 is 0. The van der Waals surface area contributed by atoms with Crippen molar-refractivity contribution in [3.63, 3.8) is 0 Å². The van der Waals surface area contributed by atoms with E-state index >= 15 is 0 Å². The molecule has 2 aromatic carbocycles. The third-order valence-corrected chi connectivity index (χ3v) is 3.79. The molecule has 0 heterocycles. The van der Waals surface area contributed by atoms with Crippen molar-refractivity contribution >= 4 is 17.3 Å². The van der Waals surface area contributed by atoms with Crippen LogP contribution >= 0.6 is 0 Å². The van der Waals surface area contributed by atoms with Crippen molar-refractivity contribution in [2.75, 3.05) is 17.2 Å². The first-order valence-corrected chi connectivity index (χ1v) is 8.04. The maximum absolute atomic E-state index is 12.8. The molecule has 2 N–H and O–H groups in total. The second kappa shape index (κ2) is 8.32. The van der Waals surface area contributed by atoms with Gasteiger partial charge in [-0.05, 0) is 48.2 Å². The Hall–Kier alpha value is -2.36. The van der Waals surface area contributed by atoms with E-state index in [1.54, 1.807) is 12.1 Å². The maximum atomic E-state index is 12.8. The fourth-order valence-corrected chi connectivity index (χ4v) is 2.49. The predicted molar refractivity (Wildman–Crippen MR) is 93.3 cm³/mol. The molecule has 4 heteroatoms. The van der Waals surface area contributed by atoms with Crippen LogP contribution in [0.25, 0.3) is 0 Å². The van der Waals surface area contributed by atoms with E-state index < -0.39 is 0 Å². The summed E-state index contributed by atoms with van der Waals surface area (Å²) in [5, 5.41) is 6.16. The fraction of sp³-hybridized carbons (Fsp3) is 0.316. The predicted octanol–water partition coefficient (Wildman–Crippen LogP) is 4.39. The number of halogens is 1. The quantitative estimate of drug-likeness (QED) is 0.795. The number of hydrogen-bond acceptors (Lipinski definition) is 2. The topological polar surface area (TPSA) is 41.1 Å². The standard InChI is InChI=1S/C19H23FN2O/c1-3-14-6-5-7-15(4-2)19(14)22-18(23)12-13-21-17-10-8-16(20)9-11-17/h5-11,21H,3-4,12-13H2,1-2H3,(H,22,23). The van der Waals surface area contributed by atoms with Gasteiger partial charge >= 0.3 is 0 Å². The Kier molecular flexibility index (Phi) is 6.15. The van der Waals surface area contributed by atoms with Gasteiger partial charge in [0.2, 0.25) is 5.91 Å². The normalized spacial score (nSPS) is 10.4. The number of carbonyl (C=O) groups is 1. The zero-order valence-corrected chi connectivity index (χ0v) is 13.7. The van der Waals surface area contributed by atoms with Crippen LogP contribution in [0.3, 0.4) is 0 Å². The third-order valence-electron chi connectivity index (χ3n) is 3.79. The first kappa shape index (κ1) is 17.0. The number of anilines is 2. The highest BCUT2D eigenvalue weighted by Crippen LogP contribution is 2.22. The van der Waals surface area contributed by atoms with E-state index in [9.17, 15) is 9.18 Å². The van der Waals surface area contributed by atoms with Gasteiger partial charge in [0.1, 0.15) is 5.82 Å². The van der Waals surface area contributed by atoms with Crippen molar-refractivity contribution in [3.8, 4) is 0 Å². The summed E-state index contributed by atoms with van der Waals surface area (Å²) in [6.07, 6.45) is 2.13. The molecule has 0 unspecified atom stereocenters. The average Bonchev–Trinajstić information content (AvgIpc) is 2.57. The molecule has 0 aliphatic rings. The molecule has 0 fully saturated rings. The summed E-state index contributed by atoms with van der Waals surface area (Å²) in [5.41, 5.74) is 4.07. The molecule has 23 heavy (non-hydrogen) atoms. The van der Waals surface area contributed by atoms with Gasteiger partial charge in [0.15, 0.2) is 0 Å². The summed E-state index contributed by atoms with van der Waals surface area (Å²) in [5.74, 6) is -0.285. The lowest BCUT2D eigenvalue weighted by molar-refractivity contribution is -0.115. The zero-order valence-electron chi connectivity index (χ0n) is 13.7. The Bertz CT molecular complexity index is 631. The second-order valence-electron chi connectivity index (χ2n) is 5.39. The number of rotatable bonds is 7. The van der Waals surface area contributed by atoms with Crippen molar-refractivity contribution in [3.05, 3.63) is 59.4 Å². The van der Waals surface area contributed by atoms with E-state index in [4.69, 9.17) is 0 Å². The van der Waals surface area contributed by atoms with E-state index in [1.165, 1.54) is 12.1 Å². The third kappa shape index (κ3) is 4.81. The van der Waals surface area contributed by atoms with Gasteiger partial charge < -0.3 is 10.6 Å². The molecule has 3 nitrogen and oxygen atoms in total. The van der Waals surface area contributed by atoms with Gasteiger partial charge in [-0.2, -0.15) is 0 Å². The largest absolute Gasteiger partial charge is 0.385 e. The second-order valence-corrected chi connectivity index (χ2v) is 5.39. The molecule has 0 radical (unpaired) electrons. The van der Waals surface area contributed by atoms with Gasteiger partial charge in [0, 0.05) is 24.3 Å². The molecule has 122 valence electrons. The van der Waals surface area contributed by atoms with Crippen molar-refractivity contribution in [2.24, 2.45) is 0 Å². The molecule has 0 atom stereocenters. The summed E-state index contributed by atoms with van der Waals surface area (Å²) in [7, 11) is 0. The summed E-state index contributed by atoms with van der Waals surface area (Å²) in [6.45, 7) is 4.67. The van der Waals surface area contributed by atoms with Gasteiger partial charge in [0.05, 0.1) is 0 Å². The molecule has 2 rings (SSSR count). The number of carbonyl (C=O) groups excluding carboxylic acids is 1. The summed E-state index contributed by atoms with van der Waals surface area (Å²) < 4.78 is 12.8. The van der Waals surface area contributed by atoms with Crippen molar-refractivity contribution in [1.29, 1.82) is 0 Å². The number of para-hydroxylation sites is 1. The number of amides is 1. The van der Waals surface area contributed by atoms with Gasteiger partial charge in [-0.1, -0.05) is 32.0 Å². The van der Waals surface area contributed by atoms with Crippen molar-refractivity contribution < 1.29 is 9.18 Å². The van der Waals surface area contributed by atoms with Crippen LogP contribution in [0.4, 0.5) is 15.8 Å². The highest BCUT2D eigenvalue weighted by Gasteiger charge is 2.09. The average molecular weight is 314 g/mol. The molecule has 0 saturated carbocycles. The van der Waals surface area contributed by atoms with Crippen LogP contribution in [0.1, 0.15) is 31.4 Å². The Labute approximate surface area is 136 Å². The van der Waals surface area contributed by atoms with Crippen LogP contribution < -0.4 is 10.6 Å². The molecule has 0 saturated heterocycles. The van der Waals surface area contributed by atoms with Gasteiger partial charge in [-0.25, -0.2) is 4.39 Å². The Morgan fingerprint density at radius 2 is 1.61 bits per heavy atom. The number of benzene rings is 2. The molecule has 1 amide bonds. The van der Waals surface area contributed by atoms with Gasteiger partial charge in [-0.3, -0.25) is 4.79 Å². The minimum atomic E-state index is -0.267. The lowest BCUT2D eigenvalue weighted by Crippen LogP contribution is -2.18. The van der Waals surface area contributed by atoms with Crippen LogP contribution in [0.2, 0.25) is 0 Å². The Morgan fingerprint density at radius 1 is 1.00 bits per heavy atom. The monoisotopic (exact) mass is 314 g/mol. The number of aryl methyl sites for hydroxylation is 2. The van der Waals surface area contributed by atoms with Crippen LogP contribution in [-0.2, 0) is 17.6 Å². The molecule has 0 spiro atoms. The van der Waals surface area contributed by atoms with E-state index in [0.717, 1.165) is 35.3 Å². The lowest BCUT2D eigenvalue weighted by atomic mass is 10.0. The maximum Gasteiger partial charge on any atom is 0.226 e. The first-order chi connectivity index (χ1) is 11.1. The highest BCUT2D eigenvalue weighted by atomic mass is 19.1. The van der Waals surface area contributed by atoms with Crippen LogP contribution in [0.5, 0.6) is 0 Å². The van der Waals surface area contributed by atoms with E-state index in [0.29, 0.717) is 13.0 Å². The molecule has 2 aromatic rings. The van der Waals surface area contributed by atoms with Crippen molar-refractivity contribution in [1.82, 2.24) is 0 Å². The minimum absolute atomic E-state index is 0.0183. The smallest absolute Gasteiger partial charge is 0.226 e. The fourth-order valence-electron chi connectivity index (χ4n) is 2.49. The molecule has 0 aromatic heterocycles. The lowest BCUT2D eigenvalue weighted by Gasteiger charge is -2.14. The van der Waals surface area contributed by atoms with Crippen LogP contribution in [-0.4, -0.2) is 12.5 Å². The van der Waals surface area contributed by atoms with Crippen molar-refractivity contribution in [2.45, 2.75) is 33.1 Å². The Morgan fingerprint density at radius 3 is 2.17 bits per heavy atom. The van der Waals surface area contributed by atoms with E-state index in [2.05, 4.69) is 24.5 Å². The minimum Gasteiger partial charge on any atom is -0.385 e. The molecular weight excluding hydrogens is 291 g/mol. The van der Waals surface area contributed by atoms with E-state index in [1.807, 2.05) is 18.2 Å². The SMILES string of the molecule is CCc1cccc(CC)c1NC(=O)CCNc1ccc(F)cc1. The first-order valence-electron chi connectivity index (χ1n) is 8.04. The van der Waals surface area contributed by atoms with Crippen LogP contribution in [0, 0.1) is 5.82 Å². The Balaban J connectivity index is 1.91. The summed E-state index contributed by atoms with van der Waals surface area (Å²) in [4.78, 5) is 12.2. The molecule has 0 bridgehead atoms. The molecule has 0 aliphatic heterocycles. The van der Waals surface area contributed by atoms with E-state index in [-0.39, 0.29) is 11.7 Å². The zero-order chi connectivity index (χ0) is 16.7.